The van der Waals surface area contributed by atoms with Crippen molar-refractivity contribution in [2.45, 2.75) is 50.1 Å². The zero-order chi connectivity index (χ0) is 21.3. The average molecular weight is 407 g/mol. The van der Waals surface area contributed by atoms with E-state index < -0.39 is 23.2 Å². The Hall–Kier alpha value is -2.05. The number of benzene rings is 2. The number of ether oxygens (including phenoxy) is 1. The van der Waals surface area contributed by atoms with Gasteiger partial charge in [-0.2, -0.15) is 13.2 Å². The van der Waals surface area contributed by atoms with Gasteiger partial charge in [0.05, 0.1) is 11.5 Å². The van der Waals surface area contributed by atoms with Crippen molar-refractivity contribution in [3.8, 4) is 5.75 Å². The molecule has 3 atom stereocenters. The molecule has 2 aromatic carbocycles. The van der Waals surface area contributed by atoms with E-state index in [2.05, 4.69) is 0 Å². The molecule has 3 rings (SSSR count). The van der Waals surface area contributed by atoms with Gasteiger partial charge in [-0.15, -0.1) is 0 Å². The number of hydrogen-bond donors (Lipinski definition) is 1. The number of rotatable bonds is 5. The van der Waals surface area contributed by atoms with Crippen molar-refractivity contribution in [1.29, 1.82) is 0 Å². The van der Waals surface area contributed by atoms with Crippen molar-refractivity contribution in [2.75, 3.05) is 14.1 Å². The predicted molar refractivity (Wildman–Crippen MR) is 107 cm³/mol. The first-order valence-electron chi connectivity index (χ1n) is 9.80. The maximum atomic E-state index is 13.5. The molecule has 0 amide bonds. The minimum absolute atomic E-state index is 0.00465. The largest absolute Gasteiger partial charge is 0.489 e. The van der Waals surface area contributed by atoms with E-state index in [-0.39, 0.29) is 19.3 Å². The Morgan fingerprint density at radius 1 is 1.10 bits per heavy atom. The Kier molecular flexibility index (Phi) is 5.97. The van der Waals surface area contributed by atoms with Crippen molar-refractivity contribution in [2.24, 2.45) is 5.92 Å². The van der Waals surface area contributed by atoms with Crippen molar-refractivity contribution in [3.05, 3.63) is 65.7 Å². The van der Waals surface area contributed by atoms with E-state index >= 15 is 0 Å². The molecule has 1 fully saturated rings. The zero-order valence-electron chi connectivity index (χ0n) is 17.0. The van der Waals surface area contributed by atoms with Crippen LogP contribution in [0.1, 0.15) is 37.3 Å². The fraction of sp³-hybridized carbons (Fsp3) is 0.478. The lowest BCUT2D eigenvalue weighted by Crippen LogP contribution is -2.62. The fourth-order valence-electron chi connectivity index (χ4n) is 4.23. The Bertz CT molecular complexity index is 824. The van der Waals surface area contributed by atoms with Crippen molar-refractivity contribution in [1.82, 2.24) is 4.90 Å². The van der Waals surface area contributed by atoms with Crippen molar-refractivity contribution >= 4 is 0 Å². The molecule has 1 N–H and O–H groups in total. The van der Waals surface area contributed by atoms with Crippen LogP contribution in [0.2, 0.25) is 0 Å². The van der Waals surface area contributed by atoms with Gasteiger partial charge in [-0.1, -0.05) is 42.5 Å². The second kappa shape index (κ2) is 8.00. The summed E-state index contributed by atoms with van der Waals surface area (Å²) in [6.07, 6.45) is -4.45. The van der Waals surface area contributed by atoms with Gasteiger partial charge in [-0.3, -0.25) is 0 Å². The van der Waals surface area contributed by atoms with E-state index in [4.69, 9.17) is 4.74 Å². The molecule has 0 bridgehead atoms. The first kappa shape index (κ1) is 21.7. The molecule has 2 aromatic rings. The zero-order valence-corrected chi connectivity index (χ0v) is 17.0. The van der Waals surface area contributed by atoms with Crippen LogP contribution in [0.4, 0.5) is 13.2 Å². The monoisotopic (exact) mass is 407 g/mol. The second-order valence-corrected chi connectivity index (χ2v) is 8.31. The number of hydrogen-bond acceptors (Lipinski definition) is 3. The van der Waals surface area contributed by atoms with Gasteiger partial charge in [0.2, 0.25) is 0 Å². The smallest absolute Gasteiger partial charge is 0.391 e. The summed E-state index contributed by atoms with van der Waals surface area (Å²) in [5.41, 5.74) is -1.04. The van der Waals surface area contributed by atoms with Crippen LogP contribution in [0, 0.1) is 5.92 Å². The van der Waals surface area contributed by atoms with Crippen LogP contribution in [-0.4, -0.2) is 35.8 Å². The van der Waals surface area contributed by atoms with Crippen LogP contribution in [0.3, 0.4) is 0 Å². The van der Waals surface area contributed by atoms with Gasteiger partial charge in [0.1, 0.15) is 18.0 Å². The quantitative estimate of drug-likeness (QED) is 0.745. The SMILES string of the molecule is CN(C)C1(C)CCC(C(F)(F)F)CC1(O)c1cccc(OCc2ccccc2)c1. The van der Waals surface area contributed by atoms with Gasteiger partial charge in [-0.05, 0) is 63.5 Å². The van der Waals surface area contributed by atoms with Crippen LogP contribution in [-0.2, 0) is 12.2 Å². The average Bonchev–Trinajstić information content (AvgIpc) is 2.68. The summed E-state index contributed by atoms with van der Waals surface area (Å²) in [5.74, 6) is -1.01. The number of halogens is 3. The molecule has 0 radical (unpaired) electrons. The summed E-state index contributed by atoms with van der Waals surface area (Å²) in [6.45, 7) is 2.18. The third-order valence-corrected chi connectivity index (χ3v) is 6.42. The van der Waals surface area contributed by atoms with Gasteiger partial charge in [0, 0.05) is 0 Å². The Morgan fingerprint density at radius 2 is 1.79 bits per heavy atom. The summed E-state index contributed by atoms with van der Waals surface area (Å²) in [4.78, 5) is 1.83. The fourth-order valence-corrected chi connectivity index (χ4v) is 4.23. The van der Waals surface area contributed by atoms with E-state index in [0.717, 1.165) is 5.56 Å². The number of alkyl halides is 3. The number of likely N-dealkylation sites (N-methyl/N-ethyl adjacent to an activating group) is 1. The van der Waals surface area contributed by atoms with Crippen LogP contribution in [0.5, 0.6) is 5.75 Å². The molecule has 0 aromatic heterocycles. The lowest BCUT2D eigenvalue weighted by Gasteiger charge is -2.54. The summed E-state index contributed by atoms with van der Waals surface area (Å²) < 4.78 is 46.3. The summed E-state index contributed by atoms with van der Waals surface area (Å²) in [6, 6.07) is 16.5. The van der Waals surface area contributed by atoms with Gasteiger partial charge in [0.25, 0.3) is 0 Å². The molecule has 1 aliphatic rings. The normalized spacial score (nSPS) is 27.8. The minimum atomic E-state index is -4.33. The molecule has 0 saturated heterocycles. The van der Waals surface area contributed by atoms with Crippen LogP contribution in [0.15, 0.2) is 54.6 Å². The van der Waals surface area contributed by atoms with Crippen LogP contribution < -0.4 is 4.74 Å². The van der Waals surface area contributed by atoms with E-state index in [1.165, 1.54) is 0 Å². The number of nitrogens with zero attached hydrogens (tertiary/aromatic N) is 1. The lowest BCUT2D eigenvalue weighted by atomic mass is 9.62. The third kappa shape index (κ3) is 4.28. The Morgan fingerprint density at radius 3 is 2.41 bits per heavy atom. The van der Waals surface area contributed by atoms with Gasteiger partial charge in [-0.25, -0.2) is 0 Å². The molecule has 158 valence electrons. The standard InChI is InChI=1S/C23H28F3NO2/c1-21(27(2)3)13-12-19(23(24,25)26)15-22(21,28)18-10-7-11-20(14-18)29-16-17-8-5-4-6-9-17/h4-11,14,19,28H,12-13,15-16H2,1-3H3. The van der Waals surface area contributed by atoms with E-state index in [1.807, 2.05) is 42.2 Å². The molecular weight excluding hydrogens is 379 g/mol. The predicted octanol–water partition coefficient (Wildman–Crippen LogP) is 5.14. The molecule has 29 heavy (non-hydrogen) atoms. The summed E-state index contributed by atoms with van der Waals surface area (Å²) in [5, 5.41) is 11.7. The Labute approximate surface area is 170 Å². The molecular formula is C23H28F3NO2. The van der Waals surface area contributed by atoms with Crippen molar-refractivity contribution in [3.63, 3.8) is 0 Å². The van der Waals surface area contributed by atoms with E-state index in [0.29, 0.717) is 17.9 Å². The second-order valence-electron chi connectivity index (χ2n) is 8.31. The minimum Gasteiger partial charge on any atom is -0.489 e. The maximum Gasteiger partial charge on any atom is 0.391 e. The molecule has 3 nitrogen and oxygen atoms in total. The van der Waals surface area contributed by atoms with Crippen molar-refractivity contribution < 1.29 is 23.0 Å². The first-order valence-corrected chi connectivity index (χ1v) is 9.80. The molecule has 0 aliphatic heterocycles. The van der Waals surface area contributed by atoms with Gasteiger partial charge in [0.15, 0.2) is 0 Å². The number of aliphatic hydroxyl groups is 1. The van der Waals surface area contributed by atoms with E-state index in [9.17, 15) is 18.3 Å². The van der Waals surface area contributed by atoms with E-state index in [1.54, 1.807) is 38.4 Å². The lowest BCUT2D eigenvalue weighted by molar-refractivity contribution is -0.226. The topological polar surface area (TPSA) is 32.7 Å². The summed E-state index contributed by atoms with van der Waals surface area (Å²) >= 11 is 0. The third-order valence-electron chi connectivity index (χ3n) is 6.42. The highest BCUT2D eigenvalue weighted by molar-refractivity contribution is 5.36. The van der Waals surface area contributed by atoms with Gasteiger partial charge < -0.3 is 14.7 Å². The highest BCUT2D eigenvalue weighted by Crippen LogP contribution is 2.52. The Balaban J connectivity index is 1.91. The molecule has 6 heteroatoms. The molecule has 1 aliphatic carbocycles. The van der Waals surface area contributed by atoms with Crippen LogP contribution in [0.25, 0.3) is 0 Å². The molecule has 3 unspecified atom stereocenters. The van der Waals surface area contributed by atoms with Crippen LogP contribution >= 0.6 is 0 Å². The summed E-state index contributed by atoms with van der Waals surface area (Å²) in [7, 11) is 3.60. The highest BCUT2D eigenvalue weighted by Gasteiger charge is 2.58. The first-order chi connectivity index (χ1) is 13.6. The molecule has 1 saturated carbocycles. The maximum absolute atomic E-state index is 13.5. The molecule has 0 heterocycles. The highest BCUT2D eigenvalue weighted by atomic mass is 19.4. The molecule has 0 spiro atoms. The van der Waals surface area contributed by atoms with Gasteiger partial charge >= 0.3 is 6.18 Å².